The molecule has 0 aliphatic heterocycles. The van der Waals surface area contributed by atoms with Gasteiger partial charge in [0.15, 0.2) is 0 Å². The molecule has 4 aliphatic rings. The standard InChI is InChI=1S/C35H56O11S2/c1-23(20-45-47(37,38)39)9-8-10-24(2)26-13-14-27-32-28(15-17-34(26,27)3)35(4)18-16-31(46-48(40,41)42)33(29(35)19-30(32)36)44-22-43-21-25-11-6-5-7-12-25/h5-7,11-12,23-24,26-33,36H,8-10,13-22H2,1-4H3,(H,37,38,39)(H,40,41,42)/t23-,24+,26+,27-,28-,29-,30+,31+,32-,33+,34+,35+/m0/s1. The molecule has 0 radical (unpaired) electrons. The highest BCUT2D eigenvalue weighted by atomic mass is 32.3. The molecule has 0 amide bonds. The lowest BCUT2D eigenvalue weighted by molar-refractivity contribution is -0.232. The van der Waals surface area contributed by atoms with Gasteiger partial charge in [0, 0.05) is 0 Å². The summed E-state index contributed by atoms with van der Waals surface area (Å²) in [4.78, 5) is 0. The Hall–Kier alpha value is -1.16. The lowest BCUT2D eigenvalue weighted by Gasteiger charge is -2.63. The molecule has 0 unspecified atom stereocenters. The molecular weight excluding hydrogens is 661 g/mol. The summed E-state index contributed by atoms with van der Waals surface area (Å²) < 4.78 is 85.9. The van der Waals surface area contributed by atoms with Gasteiger partial charge in [0.05, 0.1) is 25.4 Å². The van der Waals surface area contributed by atoms with Crippen molar-refractivity contribution in [1.82, 2.24) is 0 Å². The highest BCUT2D eigenvalue weighted by Crippen LogP contribution is 2.68. The van der Waals surface area contributed by atoms with Gasteiger partial charge in [-0.1, -0.05) is 70.9 Å². The molecule has 4 aliphatic carbocycles. The molecule has 12 atom stereocenters. The van der Waals surface area contributed by atoms with E-state index in [1.165, 1.54) is 0 Å². The monoisotopic (exact) mass is 716 g/mol. The highest BCUT2D eigenvalue weighted by molar-refractivity contribution is 7.81. The SMILES string of the molecule is C[C@@H](CCC[C@@H](C)[C@H]1CC[C@H]2[C@@H]3[C@H](O)C[C@H]4[C@@H](OCOCc5ccccc5)[C@H](OS(=O)(=O)O)CC[C@]4(C)[C@H]3CC[C@]12C)COS(=O)(=O)O. The second kappa shape index (κ2) is 15.2. The molecular formula is C35H56O11S2. The van der Waals surface area contributed by atoms with E-state index < -0.39 is 39.1 Å². The van der Waals surface area contributed by atoms with Crippen LogP contribution in [0.5, 0.6) is 0 Å². The molecule has 4 saturated carbocycles. The van der Waals surface area contributed by atoms with Crippen molar-refractivity contribution < 1.29 is 48.9 Å². The Bertz CT molecular complexity index is 1420. The third-order valence-corrected chi connectivity index (χ3v) is 13.9. The first-order chi connectivity index (χ1) is 22.5. The first-order valence-electron chi connectivity index (χ1n) is 17.7. The van der Waals surface area contributed by atoms with Gasteiger partial charge in [-0.05, 0) is 109 Å². The second-order valence-corrected chi connectivity index (χ2v) is 18.0. The number of hydrogen-bond donors (Lipinski definition) is 3. The number of benzene rings is 1. The molecule has 0 heterocycles. The maximum atomic E-state index is 11.9. The van der Waals surface area contributed by atoms with Crippen LogP contribution >= 0.6 is 0 Å². The first-order valence-corrected chi connectivity index (χ1v) is 20.4. The quantitative estimate of drug-likeness (QED) is 0.107. The molecule has 11 nitrogen and oxygen atoms in total. The number of rotatable bonds is 15. The van der Waals surface area contributed by atoms with Crippen LogP contribution in [0.2, 0.25) is 0 Å². The molecule has 1 aromatic rings. The lowest BCUT2D eigenvalue weighted by Crippen LogP contribution is -2.63. The van der Waals surface area contributed by atoms with E-state index in [0.29, 0.717) is 37.2 Å². The van der Waals surface area contributed by atoms with Gasteiger partial charge in [0.2, 0.25) is 0 Å². The average Bonchev–Trinajstić information content (AvgIpc) is 3.36. The van der Waals surface area contributed by atoms with E-state index in [2.05, 4.69) is 25.0 Å². The molecule has 48 heavy (non-hydrogen) atoms. The molecule has 5 rings (SSSR count). The van der Waals surface area contributed by atoms with Crippen LogP contribution in [-0.4, -0.2) is 62.8 Å². The Morgan fingerprint density at radius 3 is 2.25 bits per heavy atom. The molecule has 0 bridgehead atoms. The van der Waals surface area contributed by atoms with Crippen LogP contribution < -0.4 is 0 Å². The minimum atomic E-state index is -4.70. The van der Waals surface area contributed by atoms with Crippen LogP contribution in [0.4, 0.5) is 0 Å². The summed E-state index contributed by atoms with van der Waals surface area (Å²) in [6.45, 7) is 9.23. The summed E-state index contributed by atoms with van der Waals surface area (Å²) in [6, 6.07) is 9.71. The summed E-state index contributed by atoms with van der Waals surface area (Å²) in [5.41, 5.74) is 0.903. The number of hydrogen-bond acceptors (Lipinski definition) is 9. The van der Waals surface area contributed by atoms with Crippen molar-refractivity contribution in [2.45, 2.75) is 117 Å². The van der Waals surface area contributed by atoms with Crippen molar-refractivity contribution in [1.29, 1.82) is 0 Å². The van der Waals surface area contributed by atoms with E-state index in [4.69, 9.17) is 18.2 Å². The summed E-state index contributed by atoms with van der Waals surface area (Å²) >= 11 is 0. The summed E-state index contributed by atoms with van der Waals surface area (Å²) in [7, 11) is -9.13. The highest BCUT2D eigenvalue weighted by Gasteiger charge is 2.65. The van der Waals surface area contributed by atoms with Crippen molar-refractivity contribution in [3.63, 3.8) is 0 Å². The van der Waals surface area contributed by atoms with Crippen LogP contribution in [0, 0.1) is 52.3 Å². The molecule has 274 valence electrons. The maximum Gasteiger partial charge on any atom is 0.397 e. The lowest BCUT2D eigenvalue weighted by atomic mass is 9.43. The van der Waals surface area contributed by atoms with Crippen molar-refractivity contribution in [3.05, 3.63) is 35.9 Å². The van der Waals surface area contributed by atoms with E-state index >= 15 is 0 Å². The molecule has 0 saturated heterocycles. The topological polar surface area (TPSA) is 166 Å². The normalized spacial score (nSPS) is 38.1. The van der Waals surface area contributed by atoms with Crippen molar-refractivity contribution in [2.75, 3.05) is 13.4 Å². The van der Waals surface area contributed by atoms with Crippen molar-refractivity contribution in [3.8, 4) is 0 Å². The summed E-state index contributed by atoms with van der Waals surface area (Å²) in [6.07, 6.45) is 6.57. The Kier molecular flexibility index (Phi) is 12.1. The fraction of sp³-hybridized carbons (Fsp3) is 0.829. The van der Waals surface area contributed by atoms with E-state index in [-0.39, 0.29) is 47.9 Å². The fourth-order valence-corrected chi connectivity index (χ4v) is 11.7. The van der Waals surface area contributed by atoms with Crippen molar-refractivity contribution in [2.24, 2.45) is 52.3 Å². The third-order valence-electron chi connectivity index (χ3n) is 13.0. The fourth-order valence-electron chi connectivity index (χ4n) is 10.8. The maximum absolute atomic E-state index is 11.9. The van der Waals surface area contributed by atoms with Crippen LogP contribution in [0.3, 0.4) is 0 Å². The van der Waals surface area contributed by atoms with Crippen LogP contribution in [0.15, 0.2) is 30.3 Å². The Labute approximate surface area is 287 Å². The summed E-state index contributed by atoms with van der Waals surface area (Å²) in [5.74, 6) is 1.66. The van der Waals surface area contributed by atoms with Gasteiger partial charge in [-0.2, -0.15) is 16.8 Å². The van der Waals surface area contributed by atoms with Gasteiger partial charge < -0.3 is 14.6 Å². The van der Waals surface area contributed by atoms with E-state index in [1.54, 1.807) is 0 Å². The zero-order chi connectivity index (χ0) is 34.9. The van der Waals surface area contributed by atoms with E-state index in [1.807, 2.05) is 37.3 Å². The molecule has 0 aromatic heterocycles. The summed E-state index contributed by atoms with van der Waals surface area (Å²) in [5, 5.41) is 11.9. The van der Waals surface area contributed by atoms with Gasteiger partial charge in [-0.3, -0.25) is 9.11 Å². The smallest absolute Gasteiger partial charge is 0.393 e. The van der Waals surface area contributed by atoms with Gasteiger partial charge in [0.1, 0.15) is 12.9 Å². The van der Waals surface area contributed by atoms with Crippen LogP contribution in [0.1, 0.15) is 97.5 Å². The molecule has 1 aromatic carbocycles. The van der Waals surface area contributed by atoms with Gasteiger partial charge in [-0.15, -0.1) is 0 Å². The minimum absolute atomic E-state index is 0.0214. The molecule has 13 heteroatoms. The molecule has 4 fully saturated rings. The van der Waals surface area contributed by atoms with E-state index in [0.717, 1.165) is 56.9 Å². The number of ether oxygens (including phenoxy) is 2. The van der Waals surface area contributed by atoms with Crippen molar-refractivity contribution >= 4 is 20.8 Å². The minimum Gasteiger partial charge on any atom is -0.393 e. The average molecular weight is 717 g/mol. The van der Waals surface area contributed by atoms with E-state index in [9.17, 15) is 26.5 Å². The van der Waals surface area contributed by atoms with Crippen LogP contribution in [-0.2, 0) is 45.2 Å². The second-order valence-electron chi connectivity index (χ2n) is 15.8. The van der Waals surface area contributed by atoms with Gasteiger partial charge in [-0.25, -0.2) is 8.37 Å². The number of aliphatic hydroxyl groups is 1. The van der Waals surface area contributed by atoms with Crippen LogP contribution in [0.25, 0.3) is 0 Å². The number of fused-ring (bicyclic) bond motifs is 5. The number of aliphatic hydroxyl groups excluding tert-OH is 1. The van der Waals surface area contributed by atoms with Gasteiger partial charge in [0.25, 0.3) is 0 Å². The first kappa shape index (κ1) is 38.1. The van der Waals surface area contributed by atoms with Gasteiger partial charge >= 0.3 is 20.8 Å². The third kappa shape index (κ3) is 8.65. The predicted molar refractivity (Wildman–Crippen MR) is 179 cm³/mol. The zero-order valence-corrected chi connectivity index (χ0v) is 30.4. The predicted octanol–water partition coefficient (Wildman–Crippen LogP) is 6.24. The Morgan fingerprint density at radius 2 is 1.56 bits per heavy atom. The molecule has 0 spiro atoms. The Balaban J connectivity index is 1.25. The molecule has 3 N–H and O–H groups in total. The largest absolute Gasteiger partial charge is 0.397 e. The Morgan fingerprint density at radius 1 is 0.875 bits per heavy atom. The zero-order valence-electron chi connectivity index (χ0n) is 28.8.